The van der Waals surface area contributed by atoms with Gasteiger partial charge in [-0.1, -0.05) is 60.7 Å². The van der Waals surface area contributed by atoms with Crippen LogP contribution >= 0.6 is 0 Å². The van der Waals surface area contributed by atoms with Crippen LogP contribution in [0.15, 0.2) is 80.6 Å². The highest BCUT2D eigenvalue weighted by molar-refractivity contribution is 5.76. The van der Waals surface area contributed by atoms with Gasteiger partial charge in [-0.25, -0.2) is 0 Å². The monoisotopic (exact) mass is 937 g/mol. The van der Waals surface area contributed by atoms with Gasteiger partial charge in [0, 0.05) is 65.4 Å². The number of hydrogen-bond donors (Lipinski definition) is 12. The predicted octanol–water partition coefficient (Wildman–Crippen LogP) is 0.468. The average molecular weight is 937 g/mol. The molecule has 0 amide bonds. The predicted molar refractivity (Wildman–Crippen MR) is 276 cm³/mol. The largest absolute Gasteiger partial charge is 0.370 e. The molecule has 4 aromatic rings. The fourth-order valence-corrected chi connectivity index (χ4v) is 7.44. The molecule has 2 aromatic heterocycles. The molecule has 0 saturated carbocycles. The van der Waals surface area contributed by atoms with Crippen molar-refractivity contribution in [3.8, 4) is 0 Å². The molecule has 3 heterocycles. The molecule has 1 aliphatic heterocycles. The molecule has 1 fully saturated rings. The molecule has 1 saturated heterocycles. The normalized spacial score (nSPS) is 14.4. The lowest BCUT2D eigenvalue weighted by Gasteiger charge is -2.46. The van der Waals surface area contributed by atoms with Gasteiger partial charge in [-0.2, -0.15) is 29.9 Å². The minimum absolute atomic E-state index is 0.0779. The van der Waals surface area contributed by atoms with Crippen LogP contribution in [0.5, 0.6) is 0 Å². The molecule has 0 radical (unpaired) electrons. The number of nitrogens with zero attached hydrogens (tertiary/aromatic N) is 12. The summed E-state index contributed by atoms with van der Waals surface area (Å²) in [5, 5.41) is 13.7. The lowest BCUT2D eigenvalue weighted by Crippen LogP contribution is -2.61. The minimum Gasteiger partial charge on any atom is -0.370 e. The minimum atomic E-state index is -0.123. The molecule has 2 aromatic carbocycles. The van der Waals surface area contributed by atoms with Crippen molar-refractivity contribution in [3.63, 3.8) is 0 Å². The summed E-state index contributed by atoms with van der Waals surface area (Å²) in [4.78, 5) is 51.0. The number of benzene rings is 2. The summed E-state index contributed by atoms with van der Waals surface area (Å²) in [6.07, 6.45) is 7.74. The highest BCUT2D eigenvalue weighted by Gasteiger charge is 2.38. The first-order valence-corrected chi connectivity index (χ1v) is 23.3. The first-order valence-electron chi connectivity index (χ1n) is 23.3. The Hall–Kier alpha value is -7.66. The van der Waals surface area contributed by atoms with Gasteiger partial charge in [-0.15, -0.1) is 0 Å². The van der Waals surface area contributed by atoms with Crippen LogP contribution in [-0.4, -0.2) is 131 Å². The van der Waals surface area contributed by atoms with E-state index < -0.39 is 0 Å². The number of hydrogen-bond acceptors (Lipinski definition) is 16. The van der Waals surface area contributed by atoms with E-state index in [2.05, 4.69) is 99.6 Å². The number of unbranched alkanes of at least 4 members (excludes halogenated alkanes) is 4. The molecule has 24 nitrogen and oxygen atoms in total. The zero-order valence-corrected chi connectivity index (χ0v) is 39.1. The van der Waals surface area contributed by atoms with E-state index in [0.29, 0.717) is 114 Å². The van der Waals surface area contributed by atoms with Crippen LogP contribution in [0, 0.1) is 0 Å². The van der Waals surface area contributed by atoms with E-state index in [1.165, 1.54) is 0 Å². The first-order chi connectivity index (χ1) is 33.0. The van der Waals surface area contributed by atoms with Crippen LogP contribution in [0.2, 0.25) is 0 Å². The third-order valence-corrected chi connectivity index (χ3v) is 10.7. The summed E-state index contributed by atoms with van der Waals surface area (Å²) in [6, 6.07) is 20.6. The van der Waals surface area contributed by atoms with Crippen LogP contribution in [0.3, 0.4) is 0 Å². The average Bonchev–Trinajstić information content (AvgIpc) is 3.31. The lowest BCUT2D eigenvalue weighted by atomic mass is 9.96. The van der Waals surface area contributed by atoms with Gasteiger partial charge in [0.05, 0.1) is 12.1 Å². The van der Waals surface area contributed by atoms with Crippen LogP contribution in [0.4, 0.5) is 35.7 Å². The Bertz CT molecular complexity index is 1940. The molecule has 2 unspecified atom stereocenters. The van der Waals surface area contributed by atoms with Gasteiger partial charge in [0.2, 0.25) is 35.7 Å². The molecule has 20 N–H and O–H groups in total. The van der Waals surface area contributed by atoms with Crippen molar-refractivity contribution in [2.24, 2.45) is 65.8 Å². The van der Waals surface area contributed by atoms with Crippen molar-refractivity contribution in [1.29, 1.82) is 0 Å². The van der Waals surface area contributed by atoms with Gasteiger partial charge in [0.25, 0.3) is 0 Å². The summed E-state index contributed by atoms with van der Waals surface area (Å²) in [7, 11) is 0. The fraction of sp³-hybridized carbons (Fsp3) is 0.500. The van der Waals surface area contributed by atoms with Crippen molar-refractivity contribution >= 4 is 59.5 Å². The molecule has 368 valence electrons. The number of anilines is 6. The van der Waals surface area contributed by atoms with E-state index in [0.717, 1.165) is 62.5 Å². The van der Waals surface area contributed by atoms with E-state index in [9.17, 15) is 0 Å². The number of guanidine groups is 4. The molecular formula is C44H72N24. The van der Waals surface area contributed by atoms with Crippen molar-refractivity contribution in [2.45, 2.75) is 76.3 Å². The Morgan fingerprint density at radius 2 is 0.691 bits per heavy atom. The second kappa shape index (κ2) is 28.4. The molecule has 2 atom stereocenters. The molecular weight excluding hydrogens is 865 g/mol. The summed E-state index contributed by atoms with van der Waals surface area (Å²) >= 11 is 0. The molecule has 0 aliphatic carbocycles. The molecule has 1 aliphatic rings. The maximum atomic E-state index is 5.54. The molecule has 0 spiro atoms. The van der Waals surface area contributed by atoms with Crippen molar-refractivity contribution in [2.75, 3.05) is 96.5 Å². The highest BCUT2D eigenvalue weighted by atomic mass is 15.4. The van der Waals surface area contributed by atoms with Gasteiger partial charge in [-0.05, 0) is 75.3 Å². The summed E-state index contributed by atoms with van der Waals surface area (Å²) < 4.78 is 0. The maximum Gasteiger partial charge on any atom is 0.232 e. The van der Waals surface area contributed by atoms with Crippen molar-refractivity contribution in [1.82, 2.24) is 29.9 Å². The Kier molecular flexibility index (Phi) is 21.4. The second-order valence-corrected chi connectivity index (χ2v) is 16.3. The standard InChI is InChI=1S/C44H72N24/c45-35(46)53-19-7-11-23-57-39-61-40(58-24-12-8-20-54-36(47)48)64-43(63-39)67-30-34(28-32-17-5-2-6-18-32)68(29-33(67)27-31-15-3-1-4-16-31)44-65-41(59-25-13-9-21-55-37(49)50)62-42(66-44)60-26-14-10-22-56-38(51)52/h1-6,15-18,33-34H,7-14,19-30H2,(H4,45,46,53)(H4,47,48,54)(H4,49,50,55)(H4,51,52,56)(H2,57,58,61,63,64)(H2,59,60,62,65,66). The van der Waals surface area contributed by atoms with E-state index in [4.69, 9.17) is 75.8 Å². The first kappa shape index (κ1) is 51.3. The second-order valence-electron chi connectivity index (χ2n) is 16.3. The summed E-state index contributed by atoms with van der Waals surface area (Å²) in [6.45, 7) is 5.65. The number of aromatic nitrogens is 6. The van der Waals surface area contributed by atoms with Crippen molar-refractivity contribution < 1.29 is 0 Å². The SMILES string of the molecule is NC(N)=NCCCCNc1nc(NCCCCN=C(N)N)nc(N2CC(Cc3ccccc3)N(c3nc(NCCCCN=C(N)N)nc(NCCCCN=C(N)N)n3)CC2Cc2ccccc2)n1. The number of nitrogens with two attached hydrogens (primary N) is 8. The number of nitrogens with one attached hydrogen (secondary N) is 4. The highest BCUT2D eigenvalue weighted by Crippen LogP contribution is 2.30. The van der Waals surface area contributed by atoms with Gasteiger partial charge < -0.3 is 76.9 Å². The van der Waals surface area contributed by atoms with E-state index in [1.54, 1.807) is 0 Å². The van der Waals surface area contributed by atoms with Gasteiger partial charge in [-0.3, -0.25) is 20.0 Å². The molecule has 68 heavy (non-hydrogen) atoms. The third-order valence-electron chi connectivity index (χ3n) is 10.7. The summed E-state index contributed by atoms with van der Waals surface area (Å²) in [5.41, 5.74) is 46.7. The fourth-order valence-electron chi connectivity index (χ4n) is 7.44. The van der Waals surface area contributed by atoms with Crippen LogP contribution in [0.1, 0.15) is 62.5 Å². The number of aliphatic imine (C=N–C) groups is 4. The zero-order chi connectivity index (χ0) is 48.4. The maximum absolute atomic E-state index is 5.54. The molecule has 0 bridgehead atoms. The van der Waals surface area contributed by atoms with E-state index in [-0.39, 0.29) is 35.9 Å². The van der Waals surface area contributed by atoms with Gasteiger partial charge in [0.1, 0.15) is 0 Å². The van der Waals surface area contributed by atoms with E-state index in [1.807, 2.05) is 12.1 Å². The number of rotatable bonds is 30. The van der Waals surface area contributed by atoms with Crippen LogP contribution in [-0.2, 0) is 12.8 Å². The number of piperazine rings is 1. The summed E-state index contributed by atoms with van der Waals surface area (Å²) in [5.74, 6) is 3.24. The van der Waals surface area contributed by atoms with Gasteiger partial charge in [0.15, 0.2) is 23.8 Å². The van der Waals surface area contributed by atoms with E-state index >= 15 is 0 Å². The van der Waals surface area contributed by atoms with Crippen LogP contribution < -0.4 is 76.9 Å². The zero-order valence-electron chi connectivity index (χ0n) is 39.1. The van der Waals surface area contributed by atoms with Crippen molar-refractivity contribution in [3.05, 3.63) is 71.8 Å². The Morgan fingerprint density at radius 3 is 0.956 bits per heavy atom. The van der Waals surface area contributed by atoms with Crippen LogP contribution in [0.25, 0.3) is 0 Å². The quantitative estimate of drug-likeness (QED) is 0.0192. The Morgan fingerprint density at radius 1 is 0.412 bits per heavy atom. The molecule has 24 heteroatoms. The van der Waals surface area contributed by atoms with Gasteiger partial charge >= 0.3 is 0 Å². The third kappa shape index (κ3) is 19.1. The molecule has 5 rings (SSSR count). The Balaban J connectivity index is 1.50. The topological polar surface area (TPSA) is 390 Å². The Labute approximate surface area is 398 Å². The smallest absolute Gasteiger partial charge is 0.232 e. The lowest BCUT2D eigenvalue weighted by molar-refractivity contribution is 0.427.